The molecule has 5 nitrogen and oxygen atoms in total. The third kappa shape index (κ3) is 3.27. The summed E-state index contributed by atoms with van der Waals surface area (Å²) >= 11 is 0. The minimum Gasteiger partial charge on any atom is -0.493 e. The molecule has 1 saturated carbocycles. The van der Waals surface area contributed by atoms with Crippen molar-refractivity contribution in [1.82, 2.24) is 0 Å². The Kier molecular flexibility index (Phi) is 4.55. The van der Waals surface area contributed by atoms with Crippen molar-refractivity contribution in [3.05, 3.63) is 42.0 Å². The molecule has 0 aromatic heterocycles. The van der Waals surface area contributed by atoms with E-state index in [2.05, 4.69) is 12.1 Å². The van der Waals surface area contributed by atoms with Crippen LogP contribution in [0.25, 0.3) is 11.1 Å². The van der Waals surface area contributed by atoms with Gasteiger partial charge in [-0.1, -0.05) is 12.1 Å². The van der Waals surface area contributed by atoms with E-state index in [9.17, 15) is 4.79 Å². The number of hydrogen-bond acceptors (Lipinski definition) is 4. The van der Waals surface area contributed by atoms with Crippen LogP contribution in [-0.2, 0) is 16.1 Å². The average Bonchev–Trinajstić information content (AvgIpc) is 3.50. The van der Waals surface area contributed by atoms with E-state index in [0.717, 1.165) is 28.9 Å². The number of carbonyl (C=O) groups is 1. The Morgan fingerprint density at radius 2 is 1.73 bits per heavy atom. The Labute approximate surface area is 153 Å². The lowest BCUT2D eigenvalue weighted by atomic mass is 10.0. The van der Waals surface area contributed by atoms with E-state index in [1.54, 1.807) is 14.2 Å². The smallest absolute Gasteiger partial charge is 0.253 e. The lowest BCUT2D eigenvalue weighted by Crippen LogP contribution is -2.34. The van der Waals surface area contributed by atoms with E-state index >= 15 is 0 Å². The minimum atomic E-state index is 0.0505. The standard InChI is InChI=1S/C21H23NO4/c1-24-19-8-6-16(10-20(19)25-2)15-5-7-18-17(9-15)12-26-13-21(23)22(18)11-14-3-4-14/h5-10,14H,3-4,11-13H2,1-2H3. The first-order chi connectivity index (χ1) is 12.7. The van der Waals surface area contributed by atoms with Gasteiger partial charge in [-0.15, -0.1) is 0 Å². The zero-order valence-electron chi connectivity index (χ0n) is 15.2. The second-order valence-electron chi connectivity index (χ2n) is 6.85. The van der Waals surface area contributed by atoms with Crippen molar-refractivity contribution in [3.8, 4) is 22.6 Å². The van der Waals surface area contributed by atoms with E-state index in [0.29, 0.717) is 24.0 Å². The Hall–Kier alpha value is -2.53. The maximum Gasteiger partial charge on any atom is 0.253 e. The van der Waals surface area contributed by atoms with Gasteiger partial charge in [0.1, 0.15) is 6.61 Å². The largest absolute Gasteiger partial charge is 0.493 e. The highest BCUT2D eigenvalue weighted by molar-refractivity contribution is 5.96. The molecule has 0 N–H and O–H groups in total. The van der Waals surface area contributed by atoms with Crippen LogP contribution in [0.1, 0.15) is 18.4 Å². The van der Waals surface area contributed by atoms with Crippen LogP contribution in [0.5, 0.6) is 11.5 Å². The normalized spacial score (nSPS) is 16.8. The third-order valence-electron chi connectivity index (χ3n) is 5.01. The van der Waals surface area contributed by atoms with Gasteiger partial charge < -0.3 is 19.1 Å². The first-order valence-electron chi connectivity index (χ1n) is 8.93. The second kappa shape index (κ2) is 7.00. The van der Waals surface area contributed by atoms with E-state index < -0.39 is 0 Å². The number of rotatable bonds is 5. The molecule has 1 heterocycles. The van der Waals surface area contributed by atoms with Crippen LogP contribution in [0.2, 0.25) is 0 Å². The number of amides is 1. The molecule has 0 saturated heterocycles. The predicted octanol–water partition coefficient (Wildman–Crippen LogP) is 3.64. The van der Waals surface area contributed by atoms with Crippen molar-refractivity contribution in [2.24, 2.45) is 5.92 Å². The van der Waals surface area contributed by atoms with Gasteiger partial charge in [0.05, 0.1) is 20.8 Å². The molecule has 1 amide bonds. The molecule has 2 aliphatic rings. The molecule has 0 atom stereocenters. The van der Waals surface area contributed by atoms with Crippen LogP contribution in [0.3, 0.4) is 0 Å². The number of carbonyl (C=O) groups excluding carboxylic acids is 1. The maximum atomic E-state index is 12.4. The summed E-state index contributed by atoms with van der Waals surface area (Å²) in [5, 5.41) is 0. The van der Waals surface area contributed by atoms with E-state index in [-0.39, 0.29) is 12.5 Å². The second-order valence-corrected chi connectivity index (χ2v) is 6.85. The molecule has 1 aliphatic heterocycles. The fraction of sp³-hybridized carbons (Fsp3) is 0.381. The number of hydrogen-bond donors (Lipinski definition) is 0. The van der Waals surface area contributed by atoms with Crippen LogP contribution >= 0.6 is 0 Å². The molecule has 136 valence electrons. The van der Waals surface area contributed by atoms with Gasteiger partial charge in [-0.05, 0) is 54.2 Å². The Bertz CT molecular complexity index is 829. The first-order valence-corrected chi connectivity index (χ1v) is 8.93. The van der Waals surface area contributed by atoms with Gasteiger partial charge in [0, 0.05) is 17.8 Å². The maximum absolute atomic E-state index is 12.4. The van der Waals surface area contributed by atoms with Crippen LogP contribution < -0.4 is 14.4 Å². The number of anilines is 1. The van der Waals surface area contributed by atoms with Crippen molar-refractivity contribution >= 4 is 11.6 Å². The summed E-state index contributed by atoms with van der Waals surface area (Å²) < 4.78 is 16.3. The van der Waals surface area contributed by atoms with Gasteiger partial charge >= 0.3 is 0 Å². The summed E-state index contributed by atoms with van der Waals surface area (Å²) in [4.78, 5) is 14.3. The van der Waals surface area contributed by atoms with Gasteiger partial charge in [0.15, 0.2) is 11.5 Å². The number of fused-ring (bicyclic) bond motifs is 1. The molecule has 1 aliphatic carbocycles. The average molecular weight is 353 g/mol. The summed E-state index contributed by atoms with van der Waals surface area (Å²) in [6.07, 6.45) is 2.42. The highest BCUT2D eigenvalue weighted by Gasteiger charge is 2.30. The van der Waals surface area contributed by atoms with Gasteiger partial charge in [-0.2, -0.15) is 0 Å². The molecule has 5 heteroatoms. The van der Waals surface area contributed by atoms with Crippen LogP contribution in [0.15, 0.2) is 36.4 Å². The fourth-order valence-corrected chi connectivity index (χ4v) is 3.38. The molecule has 1 fully saturated rings. The van der Waals surface area contributed by atoms with Crippen molar-refractivity contribution in [1.29, 1.82) is 0 Å². The molecular weight excluding hydrogens is 330 g/mol. The zero-order valence-corrected chi connectivity index (χ0v) is 15.2. The van der Waals surface area contributed by atoms with Crippen LogP contribution in [0, 0.1) is 5.92 Å². The SMILES string of the molecule is COc1ccc(-c2ccc3c(c2)COCC(=O)N3CC2CC2)cc1OC. The number of nitrogens with zero attached hydrogens (tertiary/aromatic N) is 1. The third-order valence-corrected chi connectivity index (χ3v) is 5.01. The molecule has 2 aromatic rings. The summed E-state index contributed by atoms with van der Waals surface area (Å²) in [7, 11) is 3.26. The minimum absolute atomic E-state index is 0.0505. The van der Waals surface area contributed by atoms with Crippen molar-refractivity contribution < 1.29 is 19.0 Å². The summed E-state index contributed by atoms with van der Waals surface area (Å²) in [5.41, 5.74) is 4.12. The molecule has 4 rings (SSSR count). The highest BCUT2D eigenvalue weighted by atomic mass is 16.5. The summed E-state index contributed by atoms with van der Waals surface area (Å²) in [6, 6.07) is 12.1. The van der Waals surface area contributed by atoms with E-state index in [1.807, 2.05) is 29.2 Å². The van der Waals surface area contributed by atoms with Gasteiger partial charge in [-0.25, -0.2) is 0 Å². The molecule has 0 unspecified atom stereocenters. The molecule has 0 bridgehead atoms. The predicted molar refractivity (Wildman–Crippen MR) is 99.7 cm³/mol. The molecular formula is C21H23NO4. The van der Waals surface area contributed by atoms with E-state index in [1.165, 1.54) is 12.8 Å². The Morgan fingerprint density at radius 3 is 2.46 bits per heavy atom. The number of benzene rings is 2. The van der Waals surface area contributed by atoms with Crippen molar-refractivity contribution in [3.63, 3.8) is 0 Å². The van der Waals surface area contributed by atoms with Gasteiger partial charge in [-0.3, -0.25) is 4.79 Å². The van der Waals surface area contributed by atoms with Gasteiger partial charge in [0.2, 0.25) is 0 Å². The van der Waals surface area contributed by atoms with Crippen LogP contribution in [0.4, 0.5) is 5.69 Å². The summed E-state index contributed by atoms with van der Waals surface area (Å²) in [5.74, 6) is 2.09. The number of methoxy groups -OCH3 is 2. The Morgan fingerprint density at radius 1 is 1.00 bits per heavy atom. The lowest BCUT2D eigenvalue weighted by Gasteiger charge is -2.22. The molecule has 26 heavy (non-hydrogen) atoms. The highest BCUT2D eigenvalue weighted by Crippen LogP contribution is 2.37. The molecule has 0 spiro atoms. The van der Waals surface area contributed by atoms with Crippen molar-refractivity contribution in [2.45, 2.75) is 19.4 Å². The van der Waals surface area contributed by atoms with Crippen LogP contribution in [-0.4, -0.2) is 33.3 Å². The number of ether oxygens (including phenoxy) is 3. The monoisotopic (exact) mass is 353 g/mol. The van der Waals surface area contributed by atoms with E-state index in [4.69, 9.17) is 14.2 Å². The molecule has 2 aromatic carbocycles. The zero-order chi connectivity index (χ0) is 18.1. The fourth-order valence-electron chi connectivity index (χ4n) is 3.38. The lowest BCUT2D eigenvalue weighted by molar-refractivity contribution is -0.123. The summed E-state index contributed by atoms with van der Waals surface area (Å²) in [6.45, 7) is 1.39. The van der Waals surface area contributed by atoms with Gasteiger partial charge in [0.25, 0.3) is 5.91 Å². The molecule has 0 radical (unpaired) electrons. The Balaban J connectivity index is 1.70. The first kappa shape index (κ1) is 16.9. The topological polar surface area (TPSA) is 48.0 Å². The quantitative estimate of drug-likeness (QED) is 0.823. The van der Waals surface area contributed by atoms with Crippen molar-refractivity contribution in [2.75, 3.05) is 32.3 Å².